The van der Waals surface area contributed by atoms with Gasteiger partial charge < -0.3 is 9.47 Å². The van der Waals surface area contributed by atoms with Crippen LogP contribution in [0.4, 0.5) is 0 Å². The van der Waals surface area contributed by atoms with Crippen LogP contribution in [0.1, 0.15) is 47.1 Å². The molecule has 0 unspecified atom stereocenters. The first-order valence-corrected chi connectivity index (χ1v) is 10.6. The molecule has 158 valence electrons. The SMILES string of the molecule is CC.CC.CC.COCc1ccc(-c2ccc(-c3ccc(OC)cc3)cc2)cc1. The summed E-state index contributed by atoms with van der Waals surface area (Å²) in [5.41, 5.74) is 6.00. The second kappa shape index (κ2) is 16.4. The lowest BCUT2D eigenvalue weighted by atomic mass is 9.99. The van der Waals surface area contributed by atoms with E-state index in [-0.39, 0.29) is 0 Å². The zero-order chi connectivity index (χ0) is 22.1. The van der Waals surface area contributed by atoms with Crippen LogP contribution in [0.5, 0.6) is 5.75 Å². The number of ether oxygens (including phenoxy) is 2. The van der Waals surface area contributed by atoms with E-state index in [1.54, 1.807) is 14.2 Å². The Balaban J connectivity index is 0.00000120. The molecule has 0 aliphatic carbocycles. The van der Waals surface area contributed by atoms with Crippen molar-refractivity contribution in [2.24, 2.45) is 0 Å². The molecule has 3 rings (SSSR count). The highest BCUT2D eigenvalue weighted by Gasteiger charge is 2.01. The third-order valence-corrected chi connectivity index (χ3v) is 3.91. The number of methoxy groups -OCH3 is 2. The summed E-state index contributed by atoms with van der Waals surface area (Å²) in [7, 11) is 3.40. The summed E-state index contributed by atoms with van der Waals surface area (Å²) in [6.07, 6.45) is 0. The van der Waals surface area contributed by atoms with Crippen LogP contribution in [0.15, 0.2) is 72.8 Å². The molecule has 0 aliphatic rings. The van der Waals surface area contributed by atoms with E-state index in [4.69, 9.17) is 9.47 Å². The van der Waals surface area contributed by atoms with Crippen LogP contribution < -0.4 is 4.74 Å². The molecule has 2 nitrogen and oxygen atoms in total. The van der Waals surface area contributed by atoms with Gasteiger partial charge in [0.2, 0.25) is 0 Å². The van der Waals surface area contributed by atoms with Crippen LogP contribution in [0.2, 0.25) is 0 Å². The minimum absolute atomic E-state index is 0.649. The Morgan fingerprint density at radius 2 is 0.793 bits per heavy atom. The fraction of sp³-hybridized carbons (Fsp3) is 0.333. The Hall–Kier alpha value is -2.58. The molecule has 0 saturated carbocycles. The smallest absolute Gasteiger partial charge is 0.118 e. The normalized spacial score (nSPS) is 8.97. The number of hydrogen-bond donors (Lipinski definition) is 0. The second-order valence-electron chi connectivity index (χ2n) is 5.44. The molecule has 2 heteroatoms. The molecule has 0 N–H and O–H groups in total. The third kappa shape index (κ3) is 8.53. The lowest BCUT2D eigenvalue weighted by Gasteiger charge is -2.07. The highest BCUT2D eigenvalue weighted by atomic mass is 16.5. The van der Waals surface area contributed by atoms with Crippen LogP contribution in [-0.2, 0) is 11.3 Å². The van der Waals surface area contributed by atoms with Gasteiger partial charge in [0.1, 0.15) is 5.75 Å². The van der Waals surface area contributed by atoms with E-state index in [0.717, 1.165) is 5.75 Å². The molecular formula is C27H38O2. The largest absolute Gasteiger partial charge is 0.497 e. The van der Waals surface area contributed by atoms with Crippen molar-refractivity contribution in [1.29, 1.82) is 0 Å². The molecular weight excluding hydrogens is 356 g/mol. The molecule has 29 heavy (non-hydrogen) atoms. The predicted octanol–water partition coefficient (Wildman–Crippen LogP) is 8.25. The summed E-state index contributed by atoms with van der Waals surface area (Å²) in [5, 5.41) is 0. The molecule has 0 saturated heterocycles. The Morgan fingerprint density at radius 3 is 1.10 bits per heavy atom. The first kappa shape index (κ1) is 26.4. The van der Waals surface area contributed by atoms with Crippen LogP contribution in [0, 0.1) is 0 Å². The summed E-state index contributed by atoms with van der Waals surface area (Å²) in [6, 6.07) is 25.2. The third-order valence-electron chi connectivity index (χ3n) is 3.91. The van der Waals surface area contributed by atoms with E-state index in [1.807, 2.05) is 53.7 Å². The van der Waals surface area contributed by atoms with E-state index in [2.05, 4.69) is 60.7 Å². The summed E-state index contributed by atoms with van der Waals surface area (Å²) in [4.78, 5) is 0. The Bertz CT molecular complexity index is 742. The fourth-order valence-corrected chi connectivity index (χ4v) is 2.60. The van der Waals surface area contributed by atoms with Crippen molar-refractivity contribution < 1.29 is 9.47 Å². The second-order valence-corrected chi connectivity index (χ2v) is 5.44. The van der Waals surface area contributed by atoms with Gasteiger partial charge in [-0.1, -0.05) is 102 Å². The molecule has 0 aliphatic heterocycles. The molecule has 0 radical (unpaired) electrons. The van der Waals surface area contributed by atoms with E-state index >= 15 is 0 Å². The van der Waals surface area contributed by atoms with Gasteiger partial charge in [-0.05, 0) is 39.9 Å². The molecule has 0 fully saturated rings. The van der Waals surface area contributed by atoms with Gasteiger partial charge in [-0.2, -0.15) is 0 Å². The van der Waals surface area contributed by atoms with Gasteiger partial charge in [0.05, 0.1) is 13.7 Å². The molecule has 0 heterocycles. The first-order valence-electron chi connectivity index (χ1n) is 10.6. The van der Waals surface area contributed by atoms with Gasteiger partial charge in [-0.25, -0.2) is 0 Å². The lowest BCUT2D eigenvalue weighted by Crippen LogP contribution is -1.87. The van der Waals surface area contributed by atoms with Crippen LogP contribution >= 0.6 is 0 Å². The monoisotopic (exact) mass is 394 g/mol. The van der Waals surface area contributed by atoms with Crippen LogP contribution in [0.25, 0.3) is 22.3 Å². The van der Waals surface area contributed by atoms with Crippen molar-refractivity contribution in [2.45, 2.75) is 48.1 Å². The van der Waals surface area contributed by atoms with Gasteiger partial charge in [-0.3, -0.25) is 0 Å². The van der Waals surface area contributed by atoms with Crippen molar-refractivity contribution in [3.05, 3.63) is 78.4 Å². The van der Waals surface area contributed by atoms with Crippen molar-refractivity contribution >= 4 is 0 Å². The molecule has 0 amide bonds. The maximum absolute atomic E-state index is 5.20. The summed E-state index contributed by atoms with van der Waals surface area (Å²) in [6.45, 7) is 12.6. The quantitative estimate of drug-likeness (QED) is 0.433. The molecule has 0 spiro atoms. The Labute approximate surface area is 178 Å². The highest BCUT2D eigenvalue weighted by molar-refractivity contribution is 5.70. The molecule has 3 aromatic rings. The van der Waals surface area contributed by atoms with Gasteiger partial charge in [0.15, 0.2) is 0 Å². The average Bonchev–Trinajstić information content (AvgIpc) is 2.84. The van der Waals surface area contributed by atoms with Gasteiger partial charge >= 0.3 is 0 Å². The fourth-order valence-electron chi connectivity index (χ4n) is 2.60. The summed E-state index contributed by atoms with van der Waals surface area (Å²) < 4.78 is 10.3. The van der Waals surface area contributed by atoms with Crippen molar-refractivity contribution in [1.82, 2.24) is 0 Å². The average molecular weight is 395 g/mol. The van der Waals surface area contributed by atoms with Gasteiger partial charge in [0, 0.05) is 7.11 Å². The maximum atomic E-state index is 5.20. The summed E-state index contributed by atoms with van der Waals surface area (Å²) >= 11 is 0. The van der Waals surface area contributed by atoms with E-state index in [0.29, 0.717) is 6.61 Å². The minimum atomic E-state index is 0.649. The van der Waals surface area contributed by atoms with Gasteiger partial charge in [-0.15, -0.1) is 0 Å². The Kier molecular flexibility index (Phi) is 14.9. The molecule has 0 bridgehead atoms. The van der Waals surface area contributed by atoms with Crippen molar-refractivity contribution in [2.75, 3.05) is 14.2 Å². The summed E-state index contributed by atoms with van der Waals surface area (Å²) in [5.74, 6) is 0.876. The zero-order valence-corrected chi connectivity index (χ0v) is 19.5. The van der Waals surface area contributed by atoms with Crippen molar-refractivity contribution in [3.8, 4) is 28.0 Å². The van der Waals surface area contributed by atoms with Gasteiger partial charge in [0.25, 0.3) is 0 Å². The number of hydrogen-bond acceptors (Lipinski definition) is 2. The number of rotatable bonds is 5. The zero-order valence-electron chi connectivity index (χ0n) is 19.5. The maximum Gasteiger partial charge on any atom is 0.118 e. The Morgan fingerprint density at radius 1 is 0.483 bits per heavy atom. The lowest BCUT2D eigenvalue weighted by molar-refractivity contribution is 0.185. The highest BCUT2D eigenvalue weighted by Crippen LogP contribution is 2.26. The van der Waals surface area contributed by atoms with E-state index in [1.165, 1.54) is 27.8 Å². The van der Waals surface area contributed by atoms with E-state index in [9.17, 15) is 0 Å². The van der Waals surface area contributed by atoms with Crippen LogP contribution in [0.3, 0.4) is 0 Å². The topological polar surface area (TPSA) is 18.5 Å². The molecule has 3 aromatic carbocycles. The van der Waals surface area contributed by atoms with Crippen molar-refractivity contribution in [3.63, 3.8) is 0 Å². The first-order chi connectivity index (χ1) is 14.3. The predicted molar refractivity (Wildman–Crippen MR) is 129 cm³/mol. The number of benzene rings is 3. The standard InChI is InChI=1S/C21H20O2.3C2H6/c1-22-15-16-3-5-17(6-4-16)18-7-9-19(10-8-18)20-11-13-21(23-2)14-12-20;3*1-2/h3-14H,15H2,1-2H3;3*1-2H3. The molecule has 0 atom stereocenters. The van der Waals surface area contributed by atoms with E-state index < -0.39 is 0 Å². The minimum Gasteiger partial charge on any atom is -0.497 e. The van der Waals surface area contributed by atoms with Crippen LogP contribution in [-0.4, -0.2) is 14.2 Å². The molecule has 0 aromatic heterocycles.